The van der Waals surface area contributed by atoms with Gasteiger partial charge in [-0.2, -0.15) is 0 Å². The van der Waals surface area contributed by atoms with Crippen molar-refractivity contribution in [3.8, 4) is 0 Å². The van der Waals surface area contributed by atoms with E-state index in [1.165, 1.54) is 15.4 Å². The van der Waals surface area contributed by atoms with Crippen LogP contribution in [0.2, 0.25) is 0 Å². The SMILES string of the molecule is CC(C)(C)NCCCn1ccc2c(Br)cccc21. The van der Waals surface area contributed by atoms with E-state index >= 15 is 0 Å². The number of hydrogen-bond acceptors (Lipinski definition) is 1. The van der Waals surface area contributed by atoms with Crippen LogP contribution in [0.1, 0.15) is 27.2 Å². The van der Waals surface area contributed by atoms with Gasteiger partial charge in [-0.1, -0.05) is 22.0 Å². The van der Waals surface area contributed by atoms with E-state index in [9.17, 15) is 0 Å². The summed E-state index contributed by atoms with van der Waals surface area (Å²) in [5.41, 5.74) is 1.52. The first-order valence-corrected chi connectivity index (χ1v) is 7.25. The van der Waals surface area contributed by atoms with Crippen molar-refractivity contribution in [2.45, 2.75) is 39.3 Å². The maximum absolute atomic E-state index is 3.59. The molecule has 0 aliphatic carbocycles. The van der Waals surface area contributed by atoms with Gasteiger partial charge < -0.3 is 9.88 Å². The van der Waals surface area contributed by atoms with E-state index < -0.39 is 0 Å². The second-order valence-corrected chi connectivity index (χ2v) is 6.57. The Labute approximate surface area is 118 Å². The quantitative estimate of drug-likeness (QED) is 0.838. The highest BCUT2D eigenvalue weighted by molar-refractivity contribution is 9.10. The molecule has 18 heavy (non-hydrogen) atoms. The van der Waals surface area contributed by atoms with E-state index in [1.807, 2.05) is 0 Å². The Morgan fingerprint density at radius 1 is 1.22 bits per heavy atom. The fourth-order valence-corrected chi connectivity index (χ4v) is 2.58. The maximum atomic E-state index is 3.59. The Morgan fingerprint density at radius 3 is 2.72 bits per heavy atom. The summed E-state index contributed by atoms with van der Waals surface area (Å²) >= 11 is 3.59. The predicted octanol–water partition coefficient (Wildman–Crippen LogP) is 4.18. The van der Waals surface area contributed by atoms with Crippen LogP contribution < -0.4 is 5.32 Å². The molecule has 0 aliphatic heterocycles. The van der Waals surface area contributed by atoms with E-state index in [4.69, 9.17) is 0 Å². The van der Waals surface area contributed by atoms with Gasteiger partial charge in [-0.05, 0) is 51.9 Å². The van der Waals surface area contributed by atoms with Crippen LogP contribution in [0, 0.1) is 0 Å². The van der Waals surface area contributed by atoms with E-state index in [1.54, 1.807) is 0 Å². The summed E-state index contributed by atoms with van der Waals surface area (Å²) in [5.74, 6) is 0. The molecule has 0 bridgehead atoms. The fraction of sp³-hybridized carbons (Fsp3) is 0.467. The van der Waals surface area contributed by atoms with Gasteiger partial charge in [0.1, 0.15) is 0 Å². The van der Waals surface area contributed by atoms with Gasteiger partial charge in [0.25, 0.3) is 0 Å². The maximum Gasteiger partial charge on any atom is 0.0491 e. The summed E-state index contributed by atoms with van der Waals surface area (Å²) in [5, 5.41) is 4.81. The molecular formula is C15H21BrN2. The minimum Gasteiger partial charge on any atom is -0.347 e. The molecular weight excluding hydrogens is 288 g/mol. The topological polar surface area (TPSA) is 17.0 Å². The van der Waals surface area contributed by atoms with Crippen molar-refractivity contribution in [2.24, 2.45) is 0 Å². The molecule has 0 spiro atoms. The number of aromatic nitrogens is 1. The van der Waals surface area contributed by atoms with Gasteiger partial charge in [-0.25, -0.2) is 0 Å². The molecule has 1 aromatic carbocycles. The van der Waals surface area contributed by atoms with Gasteiger partial charge in [0.15, 0.2) is 0 Å². The van der Waals surface area contributed by atoms with Crippen LogP contribution >= 0.6 is 15.9 Å². The van der Waals surface area contributed by atoms with Crippen molar-refractivity contribution in [1.82, 2.24) is 9.88 Å². The number of nitrogens with zero attached hydrogens (tertiary/aromatic N) is 1. The van der Waals surface area contributed by atoms with Crippen LogP contribution in [-0.2, 0) is 6.54 Å². The monoisotopic (exact) mass is 308 g/mol. The van der Waals surface area contributed by atoms with Crippen LogP contribution in [0.4, 0.5) is 0 Å². The van der Waals surface area contributed by atoms with Crippen LogP contribution in [0.15, 0.2) is 34.9 Å². The van der Waals surface area contributed by atoms with Crippen molar-refractivity contribution >= 4 is 26.8 Å². The lowest BCUT2D eigenvalue weighted by Crippen LogP contribution is -2.36. The predicted molar refractivity (Wildman–Crippen MR) is 82.0 cm³/mol. The number of aryl methyl sites for hydroxylation is 1. The van der Waals surface area contributed by atoms with Gasteiger partial charge in [0, 0.05) is 33.7 Å². The van der Waals surface area contributed by atoms with E-state index in [-0.39, 0.29) is 5.54 Å². The van der Waals surface area contributed by atoms with Crippen LogP contribution in [0.3, 0.4) is 0 Å². The zero-order valence-electron chi connectivity index (χ0n) is 11.3. The Morgan fingerprint density at radius 2 is 2.00 bits per heavy atom. The molecule has 0 saturated carbocycles. The molecule has 1 N–H and O–H groups in total. The van der Waals surface area contributed by atoms with Gasteiger partial charge in [0.05, 0.1) is 0 Å². The lowest BCUT2D eigenvalue weighted by molar-refractivity contribution is 0.414. The lowest BCUT2D eigenvalue weighted by atomic mass is 10.1. The first kappa shape index (κ1) is 13.6. The molecule has 0 amide bonds. The molecule has 0 radical (unpaired) electrons. The van der Waals surface area contributed by atoms with Gasteiger partial charge >= 0.3 is 0 Å². The van der Waals surface area contributed by atoms with Crippen molar-refractivity contribution < 1.29 is 0 Å². The molecule has 2 rings (SSSR count). The number of nitrogens with one attached hydrogen (secondary N) is 1. The third-order valence-electron chi connectivity index (χ3n) is 2.99. The molecule has 98 valence electrons. The summed E-state index contributed by atoms with van der Waals surface area (Å²) in [7, 11) is 0. The molecule has 0 saturated heterocycles. The van der Waals surface area contributed by atoms with E-state index in [0.29, 0.717) is 0 Å². The molecule has 0 unspecified atom stereocenters. The summed E-state index contributed by atoms with van der Waals surface area (Å²) in [6, 6.07) is 8.54. The summed E-state index contributed by atoms with van der Waals surface area (Å²) in [6.45, 7) is 8.72. The Bertz CT molecular complexity index is 523. The minimum atomic E-state index is 0.210. The third kappa shape index (κ3) is 3.36. The highest BCUT2D eigenvalue weighted by Gasteiger charge is 2.08. The van der Waals surface area contributed by atoms with Crippen LogP contribution in [0.5, 0.6) is 0 Å². The van der Waals surface area contributed by atoms with Crippen molar-refractivity contribution in [3.05, 3.63) is 34.9 Å². The molecule has 0 aliphatic rings. The molecule has 3 heteroatoms. The van der Waals surface area contributed by atoms with Gasteiger partial charge in [-0.15, -0.1) is 0 Å². The highest BCUT2D eigenvalue weighted by Crippen LogP contribution is 2.24. The average molecular weight is 309 g/mol. The van der Waals surface area contributed by atoms with Gasteiger partial charge in [-0.3, -0.25) is 0 Å². The fourth-order valence-electron chi connectivity index (χ4n) is 2.09. The number of fused-ring (bicyclic) bond motifs is 1. The summed E-state index contributed by atoms with van der Waals surface area (Å²) < 4.78 is 3.50. The largest absolute Gasteiger partial charge is 0.347 e. The smallest absolute Gasteiger partial charge is 0.0491 e. The molecule has 0 atom stereocenters. The Kier molecular flexibility index (Phi) is 4.13. The average Bonchev–Trinajstić information content (AvgIpc) is 2.68. The number of halogens is 1. The first-order valence-electron chi connectivity index (χ1n) is 6.46. The lowest BCUT2D eigenvalue weighted by Gasteiger charge is -2.20. The molecule has 0 fully saturated rings. The second kappa shape index (κ2) is 5.45. The Balaban J connectivity index is 1.98. The van der Waals surface area contributed by atoms with Crippen molar-refractivity contribution in [1.29, 1.82) is 0 Å². The number of rotatable bonds is 4. The zero-order chi connectivity index (χ0) is 13.2. The molecule has 1 aromatic heterocycles. The normalized spacial score (nSPS) is 12.2. The number of hydrogen-bond donors (Lipinski definition) is 1. The van der Waals surface area contributed by atoms with Crippen LogP contribution in [-0.4, -0.2) is 16.7 Å². The van der Waals surface area contributed by atoms with Crippen molar-refractivity contribution in [3.63, 3.8) is 0 Å². The summed E-state index contributed by atoms with van der Waals surface area (Å²) in [4.78, 5) is 0. The van der Waals surface area contributed by atoms with Gasteiger partial charge in [0.2, 0.25) is 0 Å². The van der Waals surface area contributed by atoms with Crippen molar-refractivity contribution in [2.75, 3.05) is 6.54 Å². The second-order valence-electron chi connectivity index (χ2n) is 5.71. The van der Waals surface area contributed by atoms with Crippen LogP contribution in [0.25, 0.3) is 10.9 Å². The van der Waals surface area contributed by atoms with E-state index in [2.05, 4.69) is 77.0 Å². The Hall–Kier alpha value is -0.800. The minimum absolute atomic E-state index is 0.210. The molecule has 2 nitrogen and oxygen atoms in total. The summed E-state index contributed by atoms with van der Waals surface area (Å²) in [6.07, 6.45) is 3.32. The number of benzene rings is 1. The highest BCUT2D eigenvalue weighted by atomic mass is 79.9. The zero-order valence-corrected chi connectivity index (χ0v) is 12.9. The standard InChI is InChI=1S/C15H21BrN2/c1-15(2,3)17-9-5-10-18-11-8-12-13(16)6-4-7-14(12)18/h4,6-8,11,17H,5,9-10H2,1-3H3. The first-order chi connectivity index (χ1) is 8.47. The van der Waals surface area contributed by atoms with E-state index in [0.717, 1.165) is 19.5 Å². The molecule has 1 heterocycles. The third-order valence-corrected chi connectivity index (χ3v) is 3.68. The molecule has 2 aromatic rings.